The van der Waals surface area contributed by atoms with Crippen molar-refractivity contribution in [1.82, 2.24) is 5.32 Å². The number of rotatable bonds is 6. The van der Waals surface area contributed by atoms with Gasteiger partial charge in [0.1, 0.15) is 5.75 Å². The summed E-state index contributed by atoms with van der Waals surface area (Å²) < 4.78 is 5.30. The number of hydrogen-bond donors (Lipinski definition) is 2. The Morgan fingerprint density at radius 2 is 2.17 bits per heavy atom. The van der Waals surface area contributed by atoms with Crippen molar-refractivity contribution >= 4 is 11.7 Å². The third kappa shape index (κ3) is 4.55. The van der Waals surface area contributed by atoms with Crippen molar-refractivity contribution in [1.29, 1.82) is 0 Å². The maximum absolute atomic E-state index is 11.4. The Kier molecular flexibility index (Phi) is 5.32. The average molecular weight is 250 g/mol. The molecule has 0 unspecified atom stereocenters. The molecule has 18 heavy (non-hydrogen) atoms. The number of nitrogens with one attached hydrogen (secondary N) is 1. The summed E-state index contributed by atoms with van der Waals surface area (Å²) in [5, 5.41) is 2.68. The van der Waals surface area contributed by atoms with Crippen molar-refractivity contribution in [3.63, 3.8) is 0 Å². The Hall–Kier alpha value is -1.88. The summed E-state index contributed by atoms with van der Waals surface area (Å²) in [5.74, 6) is 0.223. The van der Waals surface area contributed by atoms with Crippen LogP contribution < -0.4 is 15.8 Å². The predicted molar refractivity (Wildman–Crippen MR) is 68.6 cm³/mol. The fourth-order valence-corrected chi connectivity index (χ4v) is 1.33. The normalized spacial score (nSPS) is 11.7. The molecule has 0 aliphatic carbocycles. The lowest BCUT2D eigenvalue weighted by Gasteiger charge is -2.12. The van der Waals surface area contributed by atoms with Crippen LogP contribution in [0.3, 0.4) is 0 Å². The molecule has 0 heterocycles. The van der Waals surface area contributed by atoms with Gasteiger partial charge in [0.15, 0.2) is 12.4 Å². The Labute approximate surface area is 106 Å². The van der Waals surface area contributed by atoms with E-state index < -0.39 is 0 Å². The number of nitrogens with two attached hydrogens (primary N) is 1. The van der Waals surface area contributed by atoms with Crippen LogP contribution in [-0.4, -0.2) is 30.9 Å². The minimum Gasteiger partial charge on any atom is -0.484 e. The van der Waals surface area contributed by atoms with Crippen LogP contribution in [0.25, 0.3) is 0 Å². The monoisotopic (exact) mass is 250 g/mol. The molecule has 0 fully saturated rings. The molecule has 98 valence electrons. The maximum atomic E-state index is 11.4. The second kappa shape index (κ2) is 6.76. The molecule has 0 aromatic heterocycles. The third-order valence-electron chi connectivity index (χ3n) is 2.37. The molecule has 1 atom stereocenters. The Morgan fingerprint density at radius 3 is 2.78 bits per heavy atom. The van der Waals surface area contributed by atoms with Gasteiger partial charge < -0.3 is 15.8 Å². The maximum Gasteiger partial charge on any atom is 0.258 e. The number of hydrogen-bond acceptors (Lipinski definition) is 4. The number of ether oxygens (including phenoxy) is 1. The lowest BCUT2D eigenvalue weighted by Crippen LogP contribution is -2.40. The second-order valence-corrected chi connectivity index (χ2v) is 4.08. The number of carbonyl (C=O) groups excluding carboxylic acids is 2. The molecule has 1 amide bonds. The fourth-order valence-electron chi connectivity index (χ4n) is 1.33. The predicted octanol–water partition coefficient (Wildman–Crippen LogP) is 0.731. The van der Waals surface area contributed by atoms with Gasteiger partial charge in [0, 0.05) is 18.2 Å². The minimum atomic E-state index is -0.235. The van der Waals surface area contributed by atoms with Crippen LogP contribution in [-0.2, 0) is 4.79 Å². The smallest absolute Gasteiger partial charge is 0.258 e. The highest BCUT2D eigenvalue weighted by Crippen LogP contribution is 2.13. The average Bonchev–Trinajstić information content (AvgIpc) is 2.36. The molecule has 1 aromatic carbocycles. The van der Waals surface area contributed by atoms with Gasteiger partial charge in [-0.15, -0.1) is 0 Å². The highest BCUT2D eigenvalue weighted by molar-refractivity contribution is 5.94. The molecular formula is C13H18N2O3. The van der Waals surface area contributed by atoms with Gasteiger partial charge in [-0.25, -0.2) is 0 Å². The van der Waals surface area contributed by atoms with Gasteiger partial charge in [-0.2, -0.15) is 0 Å². The number of Topliss-reactive ketones (excluding diaryl/α,β-unsaturated/α-hetero) is 1. The first-order valence-corrected chi connectivity index (χ1v) is 5.76. The van der Waals surface area contributed by atoms with Crippen LogP contribution in [0.2, 0.25) is 0 Å². The van der Waals surface area contributed by atoms with Crippen molar-refractivity contribution in [2.75, 3.05) is 13.2 Å². The molecular weight excluding hydrogens is 232 g/mol. The summed E-state index contributed by atoms with van der Waals surface area (Å²) in [5.41, 5.74) is 5.95. The molecule has 3 N–H and O–H groups in total. The Balaban J connectivity index is 2.50. The first kappa shape index (κ1) is 14.2. The van der Waals surface area contributed by atoms with E-state index in [0.29, 0.717) is 17.9 Å². The Morgan fingerprint density at radius 1 is 1.44 bits per heavy atom. The number of amides is 1. The molecule has 0 saturated heterocycles. The molecule has 5 heteroatoms. The van der Waals surface area contributed by atoms with E-state index in [-0.39, 0.29) is 24.3 Å². The number of ketones is 1. The standard InChI is InChI=1S/C13H18N2O3/c1-9(7-14)15-13(17)8-18-12-5-3-4-11(6-12)10(2)16/h3-6,9H,7-8,14H2,1-2H3,(H,15,17)/t9-/m0/s1. The van der Waals surface area contributed by atoms with E-state index in [2.05, 4.69) is 5.32 Å². The van der Waals surface area contributed by atoms with E-state index in [9.17, 15) is 9.59 Å². The van der Waals surface area contributed by atoms with Crippen molar-refractivity contribution in [3.05, 3.63) is 29.8 Å². The topological polar surface area (TPSA) is 81.4 Å². The SMILES string of the molecule is CC(=O)c1cccc(OCC(=O)N[C@@H](C)CN)c1. The quantitative estimate of drug-likeness (QED) is 0.729. The number of carbonyl (C=O) groups is 2. The van der Waals surface area contributed by atoms with Crippen LogP contribution in [0, 0.1) is 0 Å². The largest absolute Gasteiger partial charge is 0.484 e. The molecule has 1 rings (SSSR count). The van der Waals surface area contributed by atoms with E-state index in [4.69, 9.17) is 10.5 Å². The summed E-state index contributed by atoms with van der Waals surface area (Å²) in [6.07, 6.45) is 0. The van der Waals surface area contributed by atoms with Crippen LogP contribution >= 0.6 is 0 Å². The lowest BCUT2D eigenvalue weighted by molar-refractivity contribution is -0.123. The van der Waals surface area contributed by atoms with Crippen LogP contribution in [0.1, 0.15) is 24.2 Å². The third-order valence-corrected chi connectivity index (χ3v) is 2.37. The summed E-state index contributed by atoms with van der Waals surface area (Å²) >= 11 is 0. The van der Waals surface area contributed by atoms with Gasteiger partial charge in [-0.1, -0.05) is 12.1 Å². The highest BCUT2D eigenvalue weighted by Gasteiger charge is 2.07. The number of benzene rings is 1. The first-order valence-electron chi connectivity index (χ1n) is 5.76. The molecule has 0 aliphatic heterocycles. The Bertz CT molecular complexity index is 432. The van der Waals surface area contributed by atoms with Gasteiger partial charge in [-0.05, 0) is 26.0 Å². The zero-order chi connectivity index (χ0) is 13.5. The zero-order valence-electron chi connectivity index (χ0n) is 10.6. The zero-order valence-corrected chi connectivity index (χ0v) is 10.6. The van der Waals surface area contributed by atoms with Gasteiger partial charge in [0.25, 0.3) is 5.91 Å². The summed E-state index contributed by atoms with van der Waals surface area (Å²) in [6.45, 7) is 3.58. The fraction of sp³-hybridized carbons (Fsp3) is 0.385. The molecule has 0 saturated carbocycles. The van der Waals surface area contributed by atoms with Crippen LogP contribution in [0.4, 0.5) is 0 Å². The van der Waals surface area contributed by atoms with E-state index in [0.717, 1.165) is 0 Å². The molecule has 1 aromatic rings. The van der Waals surface area contributed by atoms with E-state index in [1.807, 2.05) is 6.92 Å². The second-order valence-electron chi connectivity index (χ2n) is 4.08. The summed E-state index contributed by atoms with van der Waals surface area (Å²) in [6, 6.07) is 6.65. The van der Waals surface area contributed by atoms with E-state index in [1.165, 1.54) is 6.92 Å². The van der Waals surface area contributed by atoms with Crippen molar-refractivity contribution in [3.8, 4) is 5.75 Å². The van der Waals surface area contributed by atoms with Crippen molar-refractivity contribution in [2.24, 2.45) is 5.73 Å². The van der Waals surface area contributed by atoms with Crippen molar-refractivity contribution in [2.45, 2.75) is 19.9 Å². The van der Waals surface area contributed by atoms with Crippen LogP contribution in [0.15, 0.2) is 24.3 Å². The highest BCUT2D eigenvalue weighted by atomic mass is 16.5. The lowest BCUT2D eigenvalue weighted by atomic mass is 10.1. The summed E-state index contributed by atoms with van der Waals surface area (Å²) in [7, 11) is 0. The molecule has 0 radical (unpaired) electrons. The minimum absolute atomic E-state index is 0.0401. The van der Waals surface area contributed by atoms with Gasteiger partial charge in [0.05, 0.1) is 0 Å². The van der Waals surface area contributed by atoms with Crippen molar-refractivity contribution < 1.29 is 14.3 Å². The first-order chi connectivity index (χ1) is 8.52. The van der Waals surface area contributed by atoms with Gasteiger partial charge in [0.2, 0.25) is 0 Å². The van der Waals surface area contributed by atoms with E-state index >= 15 is 0 Å². The molecule has 0 aliphatic rings. The summed E-state index contributed by atoms with van der Waals surface area (Å²) in [4.78, 5) is 22.6. The molecule has 0 spiro atoms. The van der Waals surface area contributed by atoms with Gasteiger partial charge >= 0.3 is 0 Å². The molecule has 0 bridgehead atoms. The molecule has 5 nitrogen and oxygen atoms in total. The van der Waals surface area contributed by atoms with Gasteiger partial charge in [-0.3, -0.25) is 9.59 Å². The van der Waals surface area contributed by atoms with Crippen LogP contribution in [0.5, 0.6) is 5.75 Å². The van der Waals surface area contributed by atoms with E-state index in [1.54, 1.807) is 24.3 Å².